The highest BCUT2D eigenvalue weighted by Gasteiger charge is 2.20. The average Bonchev–Trinajstić information content (AvgIpc) is 3.09. The molecular formula is C16H15N5O4. The SMILES string of the molecule is COc1nccn2c(CNC(=O)c3cccc4c3OCCO4)nnc12. The molecule has 4 rings (SSSR count). The molecule has 0 fully saturated rings. The first-order chi connectivity index (χ1) is 12.3. The minimum Gasteiger partial charge on any atom is -0.486 e. The van der Waals surface area contributed by atoms with Gasteiger partial charge < -0.3 is 19.5 Å². The molecule has 1 N–H and O–H groups in total. The van der Waals surface area contributed by atoms with Crippen molar-refractivity contribution in [2.75, 3.05) is 20.3 Å². The molecule has 0 radical (unpaired) electrons. The third kappa shape index (κ3) is 2.69. The molecule has 2 aromatic heterocycles. The Bertz CT molecular complexity index is 939. The lowest BCUT2D eigenvalue weighted by Crippen LogP contribution is -2.26. The van der Waals surface area contributed by atoms with Gasteiger partial charge in [0.15, 0.2) is 17.3 Å². The van der Waals surface area contributed by atoms with Crippen LogP contribution >= 0.6 is 0 Å². The number of benzene rings is 1. The number of para-hydroxylation sites is 1. The summed E-state index contributed by atoms with van der Waals surface area (Å²) in [4.78, 5) is 16.6. The van der Waals surface area contributed by atoms with Crippen LogP contribution in [-0.4, -0.2) is 45.8 Å². The van der Waals surface area contributed by atoms with Gasteiger partial charge in [0.2, 0.25) is 5.65 Å². The van der Waals surface area contributed by atoms with Gasteiger partial charge >= 0.3 is 0 Å². The van der Waals surface area contributed by atoms with Crippen LogP contribution in [0.5, 0.6) is 17.4 Å². The molecule has 0 spiro atoms. The van der Waals surface area contributed by atoms with Gasteiger partial charge in [0.25, 0.3) is 11.8 Å². The molecule has 0 saturated heterocycles. The molecule has 1 aliphatic heterocycles. The number of rotatable bonds is 4. The third-order valence-corrected chi connectivity index (χ3v) is 3.78. The summed E-state index contributed by atoms with van der Waals surface area (Å²) in [5.41, 5.74) is 0.911. The van der Waals surface area contributed by atoms with Gasteiger partial charge in [-0.3, -0.25) is 9.20 Å². The van der Waals surface area contributed by atoms with Gasteiger partial charge in [-0.05, 0) is 12.1 Å². The van der Waals surface area contributed by atoms with E-state index in [2.05, 4.69) is 20.5 Å². The number of hydrogen-bond acceptors (Lipinski definition) is 7. The topological polar surface area (TPSA) is 99.9 Å². The lowest BCUT2D eigenvalue weighted by atomic mass is 10.1. The molecular weight excluding hydrogens is 326 g/mol. The maximum Gasteiger partial charge on any atom is 0.260 e. The molecule has 0 unspecified atom stereocenters. The van der Waals surface area contributed by atoms with Gasteiger partial charge in [0.05, 0.1) is 19.2 Å². The van der Waals surface area contributed by atoms with Crippen molar-refractivity contribution in [1.29, 1.82) is 0 Å². The molecule has 3 aromatic rings. The fourth-order valence-electron chi connectivity index (χ4n) is 2.62. The molecule has 0 saturated carbocycles. The number of hydrogen-bond donors (Lipinski definition) is 1. The van der Waals surface area contributed by atoms with Crippen molar-refractivity contribution in [3.8, 4) is 17.4 Å². The summed E-state index contributed by atoms with van der Waals surface area (Å²) >= 11 is 0. The molecule has 1 amide bonds. The average molecular weight is 341 g/mol. The van der Waals surface area contributed by atoms with Crippen LogP contribution in [0.15, 0.2) is 30.6 Å². The second-order valence-corrected chi connectivity index (χ2v) is 5.26. The fraction of sp³-hybridized carbons (Fsp3) is 0.250. The highest BCUT2D eigenvalue weighted by molar-refractivity contribution is 5.97. The molecule has 0 aliphatic carbocycles. The van der Waals surface area contributed by atoms with E-state index in [1.165, 1.54) is 7.11 Å². The van der Waals surface area contributed by atoms with Crippen LogP contribution in [-0.2, 0) is 6.54 Å². The van der Waals surface area contributed by atoms with Crippen molar-refractivity contribution in [1.82, 2.24) is 24.9 Å². The van der Waals surface area contributed by atoms with E-state index in [0.29, 0.717) is 47.6 Å². The molecule has 3 heterocycles. The number of nitrogens with one attached hydrogen (secondary N) is 1. The van der Waals surface area contributed by atoms with E-state index in [4.69, 9.17) is 14.2 Å². The summed E-state index contributed by atoms with van der Waals surface area (Å²) in [5, 5.41) is 10.9. The number of nitrogens with zero attached hydrogens (tertiary/aromatic N) is 4. The second kappa shape index (κ2) is 6.27. The lowest BCUT2D eigenvalue weighted by Gasteiger charge is -2.20. The van der Waals surface area contributed by atoms with Crippen LogP contribution in [0.25, 0.3) is 5.65 Å². The summed E-state index contributed by atoms with van der Waals surface area (Å²) in [6, 6.07) is 5.22. The van der Waals surface area contributed by atoms with Gasteiger partial charge in [-0.1, -0.05) is 6.07 Å². The quantitative estimate of drug-likeness (QED) is 0.750. The normalized spacial score (nSPS) is 12.8. The number of carbonyl (C=O) groups excluding carboxylic acids is 1. The van der Waals surface area contributed by atoms with Gasteiger partial charge in [0, 0.05) is 12.4 Å². The molecule has 1 aromatic carbocycles. The van der Waals surface area contributed by atoms with Crippen molar-refractivity contribution in [2.24, 2.45) is 0 Å². The van der Waals surface area contributed by atoms with Crippen LogP contribution in [0.4, 0.5) is 0 Å². The van der Waals surface area contributed by atoms with Crippen molar-refractivity contribution in [3.63, 3.8) is 0 Å². The van der Waals surface area contributed by atoms with Gasteiger partial charge in [-0.25, -0.2) is 4.98 Å². The number of methoxy groups -OCH3 is 1. The van der Waals surface area contributed by atoms with E-state index in [9.17, 15) is 4.79 Å². The second-order valence-electron chi connectivity index (χ2n) is 5.26. The fourth-order valence-corrected chi connectivity index (χ4v) is 2.62. The maximum absolute atomic E-state index is 12.5. The monoisotopic (exact) mass is 341 g/mol. The van der Waals surface area contributed by atoms with E-state index in [-0.39, 0.29) is 12.5 Å². The Hall–Kier alpha value is -3.36. The van der Waals surface area contributed by atoms with Crippen molar-refractivity contribution in [2.45, 2.75) is 6.54 Å². The van der Waals surface area contributed by atoms with E-state index < -0.39 is 0 Å². The Morgan fingerprint density at radius 1 is 1.32 bits per heavy atom. The zero-order valence-corrected chi connectivity index (χ0v) is 13.4. The van der Waals surface area contributed by atoms with Gasteiger partial charge in [-0.15, -0.1) is 10.2 Å². The van der Waals surface area contributed by atoms with Crippen molar-refractivity contribution >= 4 is 11.6 Å². The smallest absolute Gasteiger partial charge is 0.260 e. The molecule has 1 aliphatic rings. The summed E-state index contributed by atoms with van der Waals surface area (Å²) in [6.45, 7) is 1.08. The molecule has 9 nitrogen and oxygen atoms in total. The Morgan fingerprint density at radius 3 is 3.08 bits per heavy atom. The van der Waals surface area contributed by atoms with Gasteiger partial charge in [0.1, 0.15) is 13.2 Å². The molecule has 25 heavy (non-hydrogen) atoms. The number of fused-ring (bicyclic) bond motifs is 2. The van der Waals surface area contributed by atoms with Crippen LogP contribution in [0, 0.1) is 0 Å². The number of aromatic nitrogens is 4. The first kappa shape index (κ1) is 15.2. The van der Waals surface area contributed by atoms with Crippen LogP contribution in [0.3, 0.4) is 0 Å². The summed E-state index contributed by atoms with van der Waals surface area (Å²) in [5.74, 6) is 1.69. The number of carbonyl (C=O) groups is 1. The minimum absolute atomic E-state index is 0.192. The van der Waals surface area contributed by atoms with Crippen molar-refractivity contribution in [3.05, 3.63) is 42.0 Å². The molecule has 0 atom stereocenters. The van der Waals surface area contributed by atoms with Crippen LogP contribution < -0.4 is 19.5 Å². The lowest BCUT2D eigenvalue weighted by molar-refractivity contribution is 0.0938. The van der Waals surface area contributed by atoms with Crippen LogP contribution in [0.1, 0.15) is 16.2 Å². The Labute approximate surface area is 142 Å². The van der Waals surface area contributed by atoms with E-state index in [1.54, 1.807) is 35.0 Å². The van der Waals surface area contributed by atoms with E-state index >= 15 is 0 Å². The third-order valence-electron chi connectivity index (χ3n) is 3.78. The molecule has 128 valence electrons. The highest BCUT2D eigenvalue weighted by atomic mass is 16.6. The Kier molecular flexibility index (Phi) is 3.81. The van der Waals surface area contributed by atoms with E-state index in [0.717, 1.165) is 0 Å². The Balaban J connectivity index is 1.55. The number of ether oxygens (including phenoxy) is 3. The standard InChI is InChI=1S/C16H15N5O4/c1-23-16-14-20-19-12(21(14)6-5-17-16)9-18-15(22)10-3-2-4-11-13(10)25-8-7-24-11/h2-6H,7-9H2,1H3,(H,18,22). The van der Waals surface area contributed by atoms with Gasteiger partial charge in [-0.2, -0.15) is 0 Å². The maximum atomic E-state index is 12.5. The predicted molar refractivity (Wildman–Crippen MR) is 85.9 cm³/mol. The predicted octanol–water partition coefficient (Wildman–Crippen LogP) is 0.834. The minimum atomic E-state index is -0.278. The van der Waals surface area contributed by atoms with E-state index in [1.807, 2.05) is 0 Å². The largest absolute Gasteiger partial charge is 0.486 e. The molecule has 9 heteroatoms. The summed E-state index contributed by atoms with van der Waals surface area (Å²) < 4.78 is 17.9. The first-order valence-electron chi connectivity index (χ1n) is 7.67. The highest BCUT2D eigenvalue weighted by Crippen LogP contribution is 2.33. The number of amides is 1. The Morgan fingerprint density at radius 2 is 2.20 bits per heavy atom. The first-order valence-corrected chi connectivity index (χ1v) is 7.67. The van der Waals surface area contributed by atoms with Crippen LogP contribution in [0.2, 0.25) is 0 Å². The molecule has 0 bridgehead atoms. The zero-order valence-electron chi connectivity index (χ0n) is 13.4. The summed E-state index contributed by atoms with van der Waals surface area (Å²) in [6.07, 6.45) is 3.29. The zero-order chi connectivity index (χ0) is 17.2. The summed E-state index contributed by atoms with van der Waals surface area (Å²) in [7, 11) is 1.51. The van der Waals surface area contributed by atoms with Crippen molar-refractivity contribution < 1.29 is 19.0 Å².